The monoisotopic (exact) mass is 354 g/mol. The maximum absolute atomic E-state index is 9.68. The molecule has 0 saturated carbocycles. The topological polar surface area (TPSA) is 64.5 Å². The fourth-order valence-corrected chi connectivity index (χ4v) is 2.59. The Bertz CT molecular complexity index is 585. The minimum atomic E-state index is 0.147. The maximum atomic E-state index is 9.68. The Morgan fingerprint density at radius 1 is 0.739 bits per heavy atom. The first-order valence-electron chi connectivity index (χ1n) is 7.42. The molecule has 124 valence electrons. The highest BCUT2D eigenvalue weighted by Gasteiger charge is 2.07. The average molecular weight is 355 g/mol. The van der Waals surface area contributed by atoms with Crippen molar-refractivity contribution in [3.63, 3.8) is 0 Å². The summed E-state index contributed by atoms with van der Waals surface area (Å²) in [7, 11) is 0. The molecule has 4 N–H and O–H groups in total. The number of rotatable bonds is 2. The van der Waals surface area contributed by atoms with Crippen molar-refractivity contribution in [1.29, 1.82) is 0 Å². The molecular formula is C17H20Cl2N2O2. The first kappa shape index (κ1) is 17.9. The summed E-state index contributed by atoms with van der Waals surface area (Å²) < 4.78 is 0. The molecule has 0 aliphatic carbocycles. The van der Waals surface area contributed by atoms with Crippen LogP contribution in [0.2, 0.25) is 10.0 Å². The second-order valence-electron chi connectivity index (χ2n) is 5.22. The van der Waals surface area contributed by atoms with E-state index in [9.17, 15) is 10.2 Å². The second-order valence-corrected chi connectivity index (χ2v) is 6.10. The molecule has 0 unspecified atom stereocenters. The molecule has 0 amide bonds. The summed E-state index contributed by atoms with van der Waals surface area (Å²) in [6.07, 6.45) is 0.374. The van der Waals surface area contributed by atoms with Crippen molar-refractivity contribution in [2.24, 2.45) is 0 Å². The zero-order chi connectivity index (χ0) is 16.7. The van der Waals surface area contributed by atoms with E-state index < -0.39 is 0 Å². The first-order valence-corrected chi connectivity index (χ1v) is 8.18. The van der Waals surface area contributed by atoms with Crippen molar-refractivity contribution >= 4 is 23.2 Å². The minimum absolute atomic E-state index is 0.147. The molecule has 1 aliphatic rings. The number of aromatic hydroxyl groups is 2. The molecule has 3 rings (SSSR count). The van der Waals surface area contributed by atoms with Crippen LogP contribution in [0.25, 0.3) is 0 Å². The van der Waals surface area contributed by atoms with E-state index in [4.69, 9.17) is 23.2 Å². The van der Waals surface area contributed by atoms with Crippen LogP contribution in [0.4, 0.5) is 0 Å². The van der Waals surface area contributed by atoms with Gasteiger partial charge >= 0.3 is 0 Å². The largest absolute Gasteiger partial charge is 0.508 e. The Morgan fingerprint density at radius 3 is 1.48 bits per heavy atom. The van der Waals surface area contributed by atoms with Crippen molar-refractivity contribution in [2.45, 2.75) is 6.42 Å². The van der Waals surface area contributed by atoms with Crippen molar-refractivity contribution in [2.75, 3.05) is 26.2 Å². The molecule has 0 bridgehead atoms. The van der Waals surface area contributed by atoms with E-state index in [-0.39, 0.29) is 11.5 Å². The highest BCUT2D eigenvalue weighted by molar-refractivity contribution is 6.31. The molecule has 2 aromatic rings. The van der Waals surface area contributed by atoms with Crippen LogP contribution in [0.1, 0.15) is 11.1 Å². The molecule has 1 aliphatic heterocycles. The molecule has 23 heavy (non-hydrogen) atoms. The SMILES string of the molecule is C1CNCCN1.Oc1ccc(Cl)cc1Cc1cc(Cl)ccc1O. The van der Waals surface area contributed by atoms with Gasteiger partial charge in [-0.2, -0.15) is 0 Å². The van der Waals surface area contributed by atoms with Crippen molar-refractivity contribution in [3.8, 4) is 11.5 Å². The normalized spacial score (nSPS) is 14.0. The Labute approximate surface area is 146 Å². The summed E-state index contributed by atoms with van der Waals surface area (Å²) in [6.45, 7) is 4.56. The van der Waals surface area contributed by atoms with Gasteiger partial charge in [0.25, 0.3) is 0 Å². The third-order valence-electron chi connectivity index (χ3n) is 3.42. The minimum Gasteiger partial charge on any atom is -0.508 e. The molecule has 0 atom stereocenters. The molecule has 1 heterocycles. The van der Waals surface area contributed by atoms with Gasteiger partial charge in [0.2, 0.25) is 0 Å². The van der Waals surface area contributed by atoms with Crippen LogP contribution in [0.15, 0.2) is 36.4 Å². The summed E-state index contributed by atoms with van der Waals surface area (Å²) in [5.74, 6) is 0.294. The fourth-order valence-electron chi connectivity index (χ4n) is 2.20. The van der Waals surface area contributed by atoms with Gasteiger partial charge in [0.05, 0.1) is 0 Å². The molecule has 0 aromatic heterocycles. The lowest BCUT2D eigenvalue weighted by Gasteiger charge is -2.11. The third-order valence-corrected chi connectivity index (χ3v) is 3.89. The summed E-state index contributed by atoms with van der Waals surface area (Å²) in [5, 5.41) is 26.9. The van der Waals surface area contributed by atoms with Crippen molar-refractivity contribution in [3.05, 3.63) is 57.6 Å². The zero-order valence-corrected chi connectivity index (χ0v) is 14.2. The Hall–Kier alpha value is -1.46. The number of benzene rings is 2. The van der Waals surface area contributed by atoms with Crippen LogP contribution in [-0.2, 0) is 6.42 Å². The smallest absolute Gasteiger partial charge is 0.119 e. The third kappa shape index (κ3) is 5.92. The lowest BCUT2D eigenvalue weighted by atomic mass is 10.0. The highest BCUT2D eigenvalue weighted by atomic mass is 35.5. The Balaban J connectivity index is 0.000000268. The van der Waals surface area contributed by atoms with E-state index in [1.165, 1.54) is 12.1 Å². The van der Waals surface area contributed by atoms with Crippen molar-refractivity contribution < 1.29 is 10.2 Å². The molecule has 0 radical (unpaired) electrons. The lowest BCUT2D eigenvalue weighted by molar-refractivity contribution is 0.463. The predicted octanol–water partition coefficient (Wildman–Crippen LogP) is 3.17. The molecule has 0 spiro atoms. The van der Waals surface area contributed by atoms with Gasteiger partial charge in [-0.15, -0.1) is 0 Å². The van der Waals surface area contributed by atoms with E-state index in [0.29, 0.717) is 27.6 Å². The molecular weight excluding hydrogens is 335 g/mol. The number of phenolic OH excluding ortho intramolecular Hbond substituents is 2. The standard InChI is InChI=1S/C13H10Cl2O2.C4H10N2/c14-10-1-3-12(16)8(6-10)5-9-7-11(15)2-4-13(9)17;1-2-6-4-3-5-1/h1-4,6-7,16-17H,5H2;5-6H,1-4H2. The van der Waals surface area contributed by atoms with E-state index in [1.54, 1.807) is 24.3 Å². The van der Waals surface area contributed by atoms with Gasteiger partial charge in [0.15, 0.2) is 0 Å². The van der Waals surface area contributed by atoms with Gasteiger partial charge in [-0.05, 0) is 47.5 Å². The summed E-state index contributed by atoms with van der Waals surface area (Å²) in [4.78, 5) is 0. The summed E-state index contributed by atoms with van der Waals surface area (Å²) >= 11 is 11.7. The number of phenols is 2. The van der Waals surface area contributed by atoms with E-state index in [0.717, 1.165) is 26.2 Å². The fraction of sp³-hybridized carbons (Fsp3) is 0.294. The van der Waals surface area contributed by atoms with Crippen LogP contribution in [0.3, 0.4) is 0 Å². The number of halogens is 2. The van der Waals surface area contributed by atoms with Crippen molar-refractivity contribution in [1.82, 2.24) is 10.6 Å². The van der Waals surface area contributed by atoms with Crippen LogP contribution >= 0.6 is 23.2 Å². The Kier molecular flexibility index (Phi) is 6.99. The molecule has 4 nitrogen and oxygen atoms in total. The maximum Gasteiger partial charge on any atom is 0.119 e. The van der Waals surface area contributed by atoms with Gasteiger partial charge in [-0.25, -0.2) is 0 Å². The summed E-state index contributed by atoms with van der Waals surface area (Å²) in [5.41, 5.74) is 1.30. The van der Waals surface area contributed by atoms with E-state index in [2.05, 4.69) is 10.6 Å². The van der Waals surface area contributed by atoms with E-state index in [1.807, 2.05) is 0 Å². The molecule has 1 saturated heterocycles. The molecule has 1 fully saturated rings. The van der Waals surface area contributed by atoms with Crippen LogP contribution in [-0.4, -0.2) is 36.4 Å². The number of hydrogen-bond acceptors (Lipinski definition) is 4. The second kappa shape index (κ2) is 8.99. The van der Waals surface area contributed by atoms with Gasteiger partial charge in [0.1, 0.15) is 11.5 Å². The quantitative estimate of drug-likeness (QED) is 0.668. The zero-order valence-electron chi connectivity index (χ0n) is 12.6. The molecule has 2 aromatic carbocycles. The number of piperazine rings is 1. The Morgan fingerprint density at radius 2 is 1.13 bits per heavy atom. The number of nitrogens with one attached hydrogen (secondary N) is 2. The van der Waals surface area contributed by atoms with Crippen LogP contribution in [0.5, 0.6) is 11.5 Å². The number of hydrogen-bond donors (Lipinski definition) is 4. The van der Waals surface area contributed by atoms with Gasteiger partial charge < -0.3 is 20.8 Å². The van der Waals surface area contributed by atoms with Gasteiger partial charge in [-0.3, -0.25) is 0 Å². The lowest BCUT2D eigenvalue weighted by Crippen LogP contribution is -2.39. The highest BCUT2D eigenvalue weighted by Crippen LogP contribution is 2.29. The molecule has 6 heteroatoms. The van der Waals surface area contributed by atoms with Crippen LogP contribution in [0, 0.1) is 0 Å². The van der Waals surface area contributed by atoms with E-state index >= 15 is 0 Å². The van der Waals surface area contributed by atoms with Crippen LogP contribution < -0.4 is 10.6 Å². The first-order chi connectivity index (χ1) is 11.1. The predicted molar refractivity (Wildman–Crippen MR) is 94.8 cm³/mol. The van der Waals surface area contributed by atoms with Gasteiger partial charge in [0, 0.05) is 42.6 Å². The summed E-state index contributed by atoms with van der Waals surface area (Å²) in [6, 6.07) is 9.60. The average Bonchev–Trinajstić information content (AvgIpc) is 2.56. The van der Waals surface area contributed by atoms with Gasteiger partial charge in [-0.1, -0.05) is 23.2 Å².